The number of benzene rings is 2. The summed E-state index contributed by atoms with van der Waals surface area (Å²) in [6.45, 7) is 6.23. The van der Waals surface area contributed by atoms with Gasteiger partial charge in [0.1, 0.15) is 29.4 Å². The molecule has 1 aliphatic rings. The third-order valence-corrected chi connectivity index (χ3v) is 5.48. The summed E-state index contributed by atoms with van der Waals surface area (Å²) in [6, 6.07) is 14.0. The van der Waals surface area contributed by atoms with Crippen LogP contribution in [0.4, 0.5) is 0 Å². The maximum atomic E-state index is 12.9. The van der Waals surface area contributed by atoms with E-state index in [-0.39, 0.29) is 35.1 Å². The molecule has 0 amide bonds. The van der Waals surface area contributed by atoms with Crippen LogP contribution in [0.25, 0.3) is 11.0 Å². The molecule has 1 atom stereocenters. The van der Waals surface area contributed by atoms with Gasteiger partial charge in [-0.2, -0.15) is 0 Å². The van der Waals surface area contributed by atoms with Crippen molar-refractivity contribution in [2.24, 2.45) is 5.92 Å². The highest BCUT2D eigenvalue weighted by atomic mass is 16.5. The number of rotatable bonds is 6. The molecule has 0 N–H and O–H groups in total. The number of carbonyl (C=O) groups excluding carboxylic acids is 1. The Bertz CT molecular complexity index is 1150. The van der Waals surface area contributed by atoms with Crippen LogP contribution in [-0.4, -0.2) is 24.6 Å². The van der Waals surface area contributed by atoms with E-state index in [9.17, 15) is 9.59 Å². The molecular formula is C25H26O6. The molecule has 3 aromatic rings. The Morgan fingerprint density at radius 3 is 2.65 bits per heavy atom. The van der Waals surface area contributed by atoms with Gasteiger partial charge in [0.25, 0.3) is 0 Å². The Hall–Kier alpha value is -3.12. The summed E-state index contributed by atoms with van der Waals surface area (Å²) in [7, 11) is 0. The van der Waals surface area contributed by atoms with Gasteiger partial charge < -0.3 is 18.6 Å². The molecule has 0 unspecified atom stereocenters. The monoisotopic (exact) mass is 422 g/mol. The van der Waals surface area contributed by atoms with E-state index in [1.165, 1.54) is 0 Å². The van der Waals surface area contributed by atoms with Gasteiger partial charge in [0.15, 0.2) is 5.78 Å². The summed E-state index contributed by atoms with van der Waals surface area (Å²) in [5.41, 5.74) is -0.156. The molecule has 0 saturated carbocycles. The smallest absolute Gasteiger partial charge is 0.235 e. The van der Waals surface area contributed by atoms with Crippen LogP contribution < -0.4 is 14.9 Å². The number of para-hydroxylation sites is 1. The minimum atomic E-state index is -0.290. The number of aryl methyl sites for hydroxylation is 1. The fraction of sp³-hybridized carbons (Fsp3) is 0.360. The molecule has 6 heteroatoms. The quantitative estimate of drug-likeness (QED) is 0.554. The first-order valence-electron chi connectivity index (χ1n) is 10.4. The molecular weight excluding hydrogens is 396 g/mol. The summed E-state index contributed by atoms with van der Waals surface area (Å²) in [6.07, 6.45) is 1.40. The molecule has 0 bridgehead atoms. The standard InChI is InChI=1S/C25H26O6/c1-16-24(31-18-7-5-4-6-8-18)23(27)20-10-9-19(13-22(20)30-16)28-15-21(26)17-11-12-29-25(2,3)14-17/h4-10,13,17H,11-12,14-15H2,1-3H3/t17-/m0/s1. The number of Topliss-reactive ketones (excluding diaryl/α,β-unsaturated/α-hetero) is 1. The molecule has 31 heavy (non-hydrogen) atoms. The van der Waals surface area contributed by atoms with Gasteiger partial charge in [0.05, 0.1) is 11.0 Å². The van der Waals surface area contributed by atoms with Gasteiger partial charge in [-0.25, -0.2) is 0 Å². The summed E-state index contributed by atoms with van der Waals surface area (Å²) < 4.78 is 23.0. The van der Waals surface area contributed by atoms with E-state index in [2.05, 4.69) is 0 Å². The summed E-state index contributed by atoms with van der Waals surface area (Å²) >= 11 is 0. The van der Waals surface area contributed by atoms with Gasteiger partial charge in [-0.1, -0.05) is 18.2 Å². The molecule has 2 heterocycles. The van der Waals surface area contributed by atoms with E-state index in [4.69, 9.17) is 18.6 Å². The van der Waals surface area contributed by atoms with Gasteiger partial charge in [-0.15, -0.1) is 0 Å². The zero-order chi connectivity index (χ0) is 22.0. The first-order valence-corrected chi connectivity index (χ1v) is 10.4. The van der Waals surface area contributed by atoms with Crippen LogP contribution in [0.5, 0.6) is 17.2 Å². The molecule has 0 aliphatic carbocycles. The molecule has 162 valence electrons. The van der Waals surface area contributed by atoms with Crippen molar-refractivity contribution in [3.8, 4) is 17.2 Å². The van der Waals surface area contributed by atoms with E-state index in [0.29, 0.717) is 47.7 Å². The van der Waals surface area contributed by atoms with Crippen LogP contribution in [0, 0.1) is 12.8 Å². The highest BCUT2D eigenvalue weighted by Crippen LogP contribution is 2.30. The Kier molecular flexibility index (Phi) is 5.83. The normalized spacial score (nSPS) is 18.0. The average Bonchev–Trinajstić information content (AvgIpc) is 2.75. The first-order chi connectivity index (χ1) is 14.8. The van der Waals surface area contributed by atoms with Gasteiger partial charge >= 0.3 is 0 Å². The van der Waals surface area contributed by atoms with Crippen molar-refractivity contribution in [3.05, 3.63) is 64.5 Å². The lowest BCUT2D eigenvalue weighted by molar-refractivity contribution is -0.135. The third kappa shape index (κ3) is 4.80. The number of carbonyl (C=O) groups is 1. The zero-order valence-electron chi connectivity index (χ0n) is 18.0. The van der Waals surface area contributed by atoms with Crippen LogP contribution in [0.1, 0.15) is 32.4 Å². The Morgan fingerprint density at radius 1 is 1.13 bits per heavy atom. The maximum absolute atomic E-state index is 12.9. The lowest BCUT2D eigenvalue weighted by Crippen LogP contribution is -2.38. The number of ketones is 1. The van der Waals surface area contributed by atoms with Crippen molar-refractivity contribution in [2.75, 3.05) is 13.2 Å². The Morgan fingerprint density at radius 2 is 1.90 bits per heavy atom. The first kappa shape index (κ1) is 21.1. The van der Waals surface area contributed by atoms with Crippen molar-refractivity contribution in [3.63, 3.8) is 0 Å². The van der Waals surface area contributed by atoms with Crippen LogP contribution >= 0.6 is 0 Å². The topological polar surface area (TPSA) is 75.0 Å². The Balaban J connectivity index is 1.50. The van der Waals surface area contributed by atoms with E-state index >= 15 is 0 Å². The van der Waals surface area contributed by atoms with Crippen molar-refractivity contribution in [1.29, 1.82) is 0 Å². The summed E-state index contributed by atoms with van der Waals surface area (Å²) in [5, 5.41) is 0.390. The fourth-order valence-corrected chi connectivity index (χ4v) is 3.86. The van der Waals surface area contributed by atoms with Crippen molar-refractivity contribution >= 4 is 16.8 Å². The molecule has 1 aliphatic heterocycles. The second-order valence-electron chi connectivity index (χ2n) is 8.44. The number of hydrogen-bond donors (Lipinski definition) is 0. The van der Waals surface area contributed by atoms with Crippen LogP contribution in [0.15, 0.2) is 57.7 Å². The van der Waals surface area contributed by atoms with Crippen LogP contribution in [-0.2, 0) is 9.53 Å². The van der Waals surface area contributed by atoms with Gasteiger partial charge in [-0.3, -0.25) is 9.59 Å². The highest BCUT2D eigenvalue weighted by Gasteiger charge is 2.32. The third-order valence-electron chi connectivity index (χ3n) is 5.48. The van der Waals surface area contributed by atoms with E-state index in [0.717, 1.165) is 0 Å². The van der Waals surface area contributed by atoms with E-state index in [1.54, 1.807) is 37.3 Å². The van der Waals surface area contributed by atoms with Gasteiger partial charge in [0, 0.05) is 18.6 Å². The van der Waals surface area contributed by atoms with Crippen molar-refractivity contribution < 1.29 is 23.4 Å². The molecule has 0 spiro atoms. The fourth-order valence-electron chi connectivity index (χ4n) is 3.86. The minimum absolute atomic E-state index is 0.0231. The largest absolute Gasteiger partial charge is 0.486 e. The lowest BCUT2D eigenvalue weighted by atomic mass is 9.86. The van der Waals surface area contributed by atoms with Crippen LogP contribution in [0.3, 0.4) is 0 Å². The number of hydrogen-bond acceptors (Lipinski definition) is 6. The zero-order valence-corrected chi connectivity index (χ0v) is 18.0. The minimum Gasteiger partial charge on any atom is -0.486 e. The molecule has 1 saturated heterocycles. The molecule has 2 aromatic carbocycles. The van der Waals surface area contributed by atoms with E-state index < -0.39 is 0 Å². The van der Waals surface area contributed by atoms with Crippen molar-refractivity contribution in [2.45, 2.75) is 39.2 Å². The second-order valence-corrected chi connectivity index (χ2v) is 8.44. The van der Waals surface area contributed by atoms with Crippen molar-refractivity contribution in [1.82, 2.24) is 0 Å². The predicted molar refractivity (Wildman–Crippen MR) is 117 cm³/mol. The molecule has 1 fully saturated rings. The lowest BCUT2D eigenvalue weighted by Gasteiger charge is -2.34. The molecule has 0 radical (unpaired) electrons. The maximum Gasteiger partial charge on any atom is 0.235 e. The number of fused-ring (bicyclic) bond motifs is 1. The van der Waals surface area contributed by atoms with E-state index in [1.807, 2.05) is 32.0 Å². The molecule has 1 aromatic heterocycles. The SMILES string of the molecule is Cc1oc2cc(OCC(=O)[C@H]3CCOC(C)(C)C3)ccc2c(=O)c1Oc1ccccc1. The van der Waals surface area contributed by atoms with Gasteiger partial charge in [0.2, 0.25) is 11.2 Å². The van der Waals surface area contributed by atoms with Gasteiger partial charge in [-0.05, 0) is 57.9 Å². The highest BCUT2D eigenvalue weighted by molar-refractivity contribution is 5.83. The summed E-state index contributed by atoms with van der Waals surface area (Å²) in [5.74, 6) is 1.56. The number of ether oxygens (including phenoxy) is 3. The van der Waals surface area contributed by atoms with Crippen LogP contribution in [0.2, 0.25) is 0 Å². The Labute approximate surface area is 180 Å². The predicted octanol–water partition coefficient (Wildman–Crippen LogP) is 5.05. The molecule has 6 nitrogen and oxygen atoms in total. The summed E-state index contributed by atoms with van der Waals surface area (Å²) in [4.78, 5) is 25.5. The molecule has 4 rings (SSSR count). The second kappa shape index (κ2) is 8.55. The average molecular weight is 422 g/mol.